The van der Waals surface area contributed by atoms with Gasteiger partial charge >= 0.3 is 6.09 Å². The molecular weight excluding hydrogens is 470 g/mol. The van der Waals surface area contributed by atoms with Crippen molar-refractivity contribution in [2.24, 2.45) is 10.7 Å². The molecule has 0 bridgehead atoms. The number of carbonyl (C=O) groups excluding carboxylic acids is 2. The van der Waals surface area contributed by atoms with Crippen LogP contribution in [0.3, 0.4) is 0 Å². The van der Waals surface area contributed by atoms with E-state index in [2.05, 4.69) is 10.1 Å². The first-order valence-electron chi connectivity index (χ1n) is 11.9. The van der Waals surface area contributed by atoms with Crippen molar-refractivity contribution in [2.45, 2.75) is 46.1 Å². The van der Waals surface area contributed by atoms with E-state index in [-0.39, 0.29) is 12.5 Å². The molecule has 1 aromatic heterocycles. The van der Waals surface area contributed by atoms with Crippen LogP contribution in [0.2, 0.25) is 0 Å². The molecule has 37 heavy (non-hydrogen) atoms. The maximum absolute atomic E-state index is 13.3. The van der Waals surface area contributed by atoms with E-state index in [0.717, 1.165) is 26.9 Å². The topological polar surface area (TPSA) is 112 Å². The van der Waals surface area contributed by atoms with Gasteiger partial charge in [0.05, 0.1) is 5.56 Å². The lowest BCUT2D eigenvalue weighted by molar-refractivity contribution is 0.0513. The molecule has 0 unspecified atom stereocenters. The van der Waals surface area contributed by atoms with Gasteiger partial charge in [0.15, 0.2) is 0 Å². The monoisotopic (exact) mass is 501 g/mol. The summed E-state index contributed by atoms with van der Waals surface area (Å²) in [6, 6.07) is 15.2. The molecule has 0 atom stereocenters. The van der Waals surface area contributed by atoms with E-state index in [1.807, 2.05) is 36.4 Å². The van der Waals surface area contributed by atoms with E-state index in [4.69, 9.17) is 15.2 Å². The summed E-state index contributed by atoms with van der Waals surface area (Å²) < 4.78 is 12.4. The lowest BCUT2D eigenvalue weighted by Gasteiger charge is -2.18. The Kier molecular flexibility index (Phi) is 7.42. The number of rotatable bonds is 7. The van der Waals surface area contributed by atoms with Gasteiger partial charge in [-0.15, -0.1) is 0 Å². The van der Waals surface area contributed by atoms with Crippen molar-refractivity contribution in [3.8, 4) is 5.75 Å². The smallest absolute Gasteiger partial charge is 0.435 e. The van der Waals surface area contributed by atoms with Gasteiger partial charge in [0.1, 0.15) is 23.7 Å². The third-order valence-corrected chi connectivity index (χ3v) is 5.68. The van der Waals surface area contributed by atoms with Gasteiger partial charge in [0.2, 0.25) is 0 Å². The van der Waals surface area contributed by atoms with Crippen LogP contribution in [0.5, 0.6) is 5.75 Å². The van der Waals surface area contributed by atoms with Crippen LogP contribution >= 0.6 is 0 Å². The number of nitrogens with two attached hydrogens (primary N) is 1. The maximum atomic E-state index is 13.3. The fourth-order valence-electron chi connectivity index (χ4n) is 4.01. The molecule has 1 amide bonds. The highest BCUT2D eigenvalue weighted by Gasteiger charge is 2.30. The minimum absolute atomic E-state index is 0.0883. The van der Waals surface area contributed by atoms with Gasteiger partial charge in [-0.05, 0) is 49.6 Å². The summed E-state index contributed by atoms with van der Waals surface area (Å²) in [6.45, 7) is 6.46. The molecule has 2 aromatic carbocycles. The van der Waals surface area contributed by atoms with Crippen molar-refractivity contribution < 1.29 is 19.1 Å². The standard InChI is InChI=1S/C28H31N5O4/c1-28(2,3)37-27(35)33-13-12-23(31-33)18-36-24-7-5-6-21-17-32(26(34)25(21)24)16-19-8-10-20(11-9-19)22(14-29)15-30-4/h5-15H,16-18,29H2,1-4H3. The quantitative estimate of drug-likeness (QED) is 0.480. The molecule has 3 aromatic rings. The highest BCUT2D eigenvalue weighted by Crippen LogP contribution is 2.32. The fraction of sp³-hybridized carbons (Fsp3) is 0.286. The number of aromatic nitrogens is 2. The SMILES string of the molecule is CN=CC(=CN)c1ccc(CN2Cc3cccc(OCc4ccn(C(=O)OC(C)(C)C)n4)c3C2=O)cc1. The highest BCUT2D eigenvalue weighted by molar-refractivity contribution is 6.09. The van der Waals surface area contributed by atoms with E-state index in [1.165, 1.54) is 12.4 Å². The van der Waals surface area contributed by atoms with Crippen LogP contribution in [0, 0.1) is 0 Å². The van der Waals surface area contributed by atoms with E-state index < -0.39 is 11.7 Å². The lowest BCUT2D eigenvalue weighted by Crippen LogP contribution is -2.27. The van der Waals surface area contributed by atoms with Gasteiger partial charge in [-0.3, -0.25) is 9.79 Å². The summed E-state index contributed by atoms with van der Waals surface area (Å²) in [5, 5.41) is 4.23. The first kappa shape index (κ1) is 25.7. The maximum Gasteiger partial charge on any atom is 0.435 e. The van der Waals surface area contributed by atoms with E-state index in [0.29, 0.717) is 30.1 Å². The summed E-state index contributed by atoms with van der Waals surface area (Å²) in [5.41, 5.74) is 9.88. The number of hydrogen-bond donors (Lipinski definition) is 1. The summed E-state index contributed by atoms with van der Waals surface area (Å²) in [5.74, 6) is 0.401. The molecule has 0 spiro atoms. The summed E-state index contributed by atoms with van der Waals surface area (Å²) in [6.07, 6.45) is 4.19. The van der Waals surface area contributed by atoms with Crippen molar-refractivity contribution in [1.82, 2.24) is 14.7 Å². The van der Waals surface area contributed by atoms with Crippen LogP contribution in [0.15, 0.2) is 65.9 Å². The summed E-state index contributed by atoms with van der Waals surface area (Å²) in [7, 11) is 1.70. The van der Waals surface area contributed by atoms with E-state index in [1.54, 1.807) is 51.1 Å². The highest BCUT2D eigenvalue weighted by atomic mass is 16.6. The van der Waals surface area contributed by atoms with Crippen molar-refractivity contribution in [1.29, 1.82) is 0 Å². The third kappa shape index (κ3) is 6.06. The van der Waals surface area contributed by atoms with Crippen LogP contribution in [0.4, 0.5) is 4.79 Å². The van der Waals surface area contributed by atoms with Crippen molar-refractivity contribution in [3.05, 3.63) is 88.9 Å². The zero-order valence-electron chi connectivity index (χ0n) is 21.5. The van der Waals surface area contributed by atoms with Crippen molar-refractivity contribution >= 4 is 23.8 Å². The Morgan fingerprint density at radius 3 is 2.59 bits per heavy atom. The van der Waals surface area contributed by atoms with Gasteiger partial charge < -0.3 is 20.1 Å². The largest absolute Gasteiger partial charge is 0.486 e. The molecule has 1 aliphatic heterocycles. The Labute approximate surface area is 216 Å². The Morgan fingerprint density at radius 2 is 1.92 bits per heavy atom. The Morgan fingerprint density at radius 1 is 1.16 bits per heavy atom. The third-order valence-electron chi connectivity index (χ3n) is 5.68. The van der Waals surface area contributed by atoms with Gasteiger partial charge in [-0.2, -0.15) is 9.78 Å². The molecule has 4 rings (SSSR count). The average molecular weight is 502 g/mol. The van der Waals surface area contributed by atoms with Crippen molar-refractivity contribution in [2.75, 3.05) is 7.05 Å². The number of fused-ring (bicyclic) bond motifs is 1. The minimum atomic E-state index is -0.618. The first-order chi connectivity index (χ1) is 17.7. The molecule has 192 valence electrons. The average Bonchev–Trinajstić information content (AvgIpc) is 3.46. The second-order valence-electron chi connectivity index (χ2n) is 9.68. The predicted octanol–water partition coefficient (Wildman–Crippen LogP) is 4.40. The number of benzene rings is 2. The van der Waals surface area contributed by atoms with Crippen LogP contribution < -0.4 is 10.5 Å². The molecule has 0 aliphatic carbocycles. The van der Waals surface area contributed by atoms with E-state index >= 15 is 0 Å². The molecular formula is C28H31N5O4. The van der Waals surface area contributed by atoms with Gasteiger partial charge in [0, 0.05) is 44.3 Å². The summed E-state index contributed by atoms with van der Waals surface area (Å²) >= 11 is 0. The number of allylic oxidation sites excluding steroid dienone is 1. The second-order valence-corrected chi connectivity index (χ2v) is 9.68. The Bertz CT molecular complexity index is 1350. The molecule has 1 aliphatic rings. The predicted molar refractivity (Wildman–Crippen MR) is 141 cm³/mol. The Hall–Kier alpha value is -4.40. The lowest BCUT2D eigenvalue weighted by atomic mass is 10.1. The molecule has 9 nitrogen and oxygen atoms in total. The normalized spacial score (nSPS) is 13.8. The number of ether oxygens (including phenoxy) is 2. The fourth-order valence-corrected chi connectivity index (χ4v) is 4.01. The van der Waals surface area contributed by atoms with Gasteiger partial charge in [-0.25, -0.2) is 4.79 Å². The minimum Gasteiger partial charge on any atom is -0.486 e. The molecule has 2 heterocycles. The zero-order valence-corrected chi connectivity index (χ0v) is 21.5. The molecule has 0 fully saturated rings. The number of aliphatic imine (C=N–C) groups is 1. The number of hydrogen-bond acceptors (Lipinski definition) is 7. The second kappa shape index (κ2) is 10.7. The van der Waals surface area contributed by atoms with Crippen molar-refractivity contribution in [3.63, 3.8) is 0 Å². The van der Waals surface area contributed by atoms with Gasteiger partial charge in [-0.1, -0.05) is 36.4 Å². The van der Waals surface area contributed by atoms with Crippen LogP contribution in [-0.2, 0) is 24.4 Å². The molecule has 9 heteroatoms. The Balaban J connectivity index is 1.42. The molecule has 0 saturated carbocycles. The van der Waals surface area contributed by atoms with Crippen LogP contribution in [0.1, 0.15) is 53.5 Å². The molecule has 0 radical (unpaired) electrons. The number of carbonyl (C=O) groups is 2. The zero-order chi connectivity index (χ0) is 26.6. The van der Waals surface area contributed by atoms with Crippen LogP contribution in [-0.4, -0.2) is 45.5 Å². The summed E-state index contributed by atoms with van der Waals surface area (Å²) in [4.78, 5) is 31.3. The number of nitrogens with zero attached hydrogens (tertiary/aromatic N) is 4. The van der Waals surface area contributed by atoms with Crippen LogP contribution in [0.25, 0.3) is 5.57 Å². The van der Waals surface area contributed by atoms with E-state index in [9.17, 15) is 9.59 Å². The van der Waals surface area contributed by atoms with Gasteiger partial charge in [0.25, 0.3) is 5.91 Å². The first-order valence-corrected chi connectivity index (χ1v) is 11.9. The number of amides is 1. The molecule has 2 N–H and O–H groups in total. The molecule has 0 saturated heterocycles.